The van der Waals surface area contributed by atoms with Crippen LogP contribution in [0.2, 0.25) is 0 Å². The van der Waals surface area contributed by atoms with Crippen LogP contribution in [0.4, 0.5) is 5.95 Å². The van der Waals surface area contributed by atoms with Gasteiger partial charge in [-0.1, -0.05) is 26.7 Å². The Morgan fingerprint density at radius 3 is 2.69 bits per heavy atom. The van der Waals surface area contributed by atoms with Gasteiger partial charge in [-0.05, 0) is 49.9 Å². The number of fused-ring (bicyclic) bond motifs is 1. The van der Waals surface area contributed by atoms with Gasteiger partial charge in [0.15, 0.2) is 0 Å². The van der Waals surface area contributed by atoms with E-state index in [0.717, 1.165) is 43.1 Å². The second kappa shape index (κ2) is 7.16. The summed E-state index contributed by atoms with van der Waals surface area (Å²) in [7, 11) is 0. The first kappa shape index (κ1) is 17.7. The maximum Gasteiger partial charge on any atom is 0.225 e. The summed E-state index contributed by atoms with van der Waals surface area (Å²) < 4.78 is 0. The number of anilines is 1. The highest BCUT2D eigenvalue weighted by atomic mass is 16.1. The van der Waals surface area contributed by atoms with Crippen molar-refractivity contribution in [2.45, 2.75) is 77.7 Å². The maximum atomic E-state index is 12.6. The molecule has 2 fully saturated rings. The van der Waals surface area contributed by atoms with Crippen LogP contribution in [0.5, 0.6) is 0 Å². The van der Waals surface area contributed by atoms with Crippen LogP contribution in [0.1, 0.15) is 82.5 Å². The van der Waals surface area contributed by atoms with Gasteiger partial charge in [0.2, 0.25) is 11.9 Å². The maximum absolute atomic E-state index is 12.6. The summed E-state index contributed by atoms with van der Waals surface area (Å²) in [6.45, 7) is 6.68. The predicted molar refractivity (Wildman–Crippen MR) is 103 cm³/mol. The van der Waals surface area contributed by atoms with Gasteiger partial charge in [0.05, 0.1) is 11.7 Å². The molecule has 0 aromatic carbocycles. The third-order valence-corrected chi connectivity index (χ3v) is 6.34. The smallest absolute Gasteiger partial charge is 0.225 e. The normalized spacial score (nSPS) is 25.3. The van der Waals surface area contributed by atoms with E-state index < -0.39 is 0 Å². The van der Waals surface area contributed by atoms with E-state index in [2.05, 4.69) is 29.0 Å². The van der Waals surface area contributed by atoms with Gasteiger partial charge in [0.1, 0.15) is 0 Å². The van der Waals surface area contributed by atoms with Crippen molar-refractivity contribution in [2.24, 2.45) is 11.3 Å². The minimum absolute atomic E-state index is 0.0512. The van der Waals surface area contributed by atoms with Crippen LogP contribution >= 0.6 is 0 Å². The zero-order chi connectivity index (χ0) is 18.1. The topological polar surface area (TPSA) is 58.1 Å². The van der Waals surface area contributed by atoms with Crippen molar-refractivity contribution in [1.82, 2.24) is 15.3 Å². The lowest BCUT2D eigenvalue weighted by molar-refractivity contribution is -0.123. The van der Waals surface area contributed by atoms with E-state index in [1.165, 1.54) is 38.5 Å². The van der Waals surface area contributed by atoms with E-state index >= 15 is 0 Å². The van der Waals surface area contributed by atoms with Crippen LogP contribution in [0.25, 0.3) is 0 Å². The highest BCUT2D eigenvalue weighted by Crippen LogP contribution is 2.40. The second-order valence-electron chi connectivity index (χ2n) is 9.29. The Morgan fingerprint density at radius 1 is 1.23 bits per heavy atom. The molecule has 1 saturated heterocycles. The summed E-state index contributed by atoms with van der Waals surface area (Å²) in [4.78, 5) is 24.5. The van der Waals surface area contributed by atoms with Gasteiger partial charge in [-0.3, -0.25) is 4.79 Å². The van der Waals surface area contributed by atoms with Gasteiger partial charge in [0, 0.05) is 31.3 Å². The quantitative estimate of drug-likeness (QED) is 0.892. The lowest BCUT2D eigenvalue weighted by Crippen LogP contribution is -2.38. The molecule has 1 amide bonds. The zero-order valence-corrected chi connectivity index (χ0v) is 16.3. The van der Waals surface area contributed by atoms with E-state index in [9.17, 15) is 4.79 Å². The van der Waals surface area contributed by atoms with Gasteiger partial charge in [-0.2, -0.15) is 0 Å². The zero-order valence-electron chi connectivity index (χ0n) is 16.3. The minimum atomic E-state index is 0.0512. The molecule has 26 heavy (non-hydrogen) atoms. The van der Waals surface area contributed by atoms with Crippen molar-refractivity contribution in [2.75, 3.05) is 18.0 Å². The second-order valence-corrected chi connectivity index (χ2v) is 9.29. The Labute approximate surface area is 157 Å². The fraction of sp³-hybridized carbons (Fsp3) is 0.762. The fourth-order valence-corrected chi connectivity index (χ4v) is 4.96. The molecule has 1 saturated carbocycles. The van der Waals surface area contributed by atoms with Crippen molar-refractivity contribution in [3.63, 3.8) is 0 Å². The molecule has 1 N–H and O–H groups in total. The molecule has 1 aromatic heterocycles. The Bertz CT molecular complexity index is 660. The summed E-state index contributed by atoms with van der Waals surface area (Å²) >= 11 is 0. The van der Waals surface area contributed by atoms with E-state index in [4.69, 9.17) is 4.98 Å². The average Bonchev–Trinajstić information content (AvgIpc) is 3.26. The number of aromatic nitrogens is 2. The first-order valence-corrected chi connectivity index (χ1v) is 10.4. The van der Waals surface area contributed by atoms with Crippen molar-refractivity contribution in [3.05, 3.63) is 17.5 Å². The predicted octanol–water partition coefficient (Wildman–Crippen LogP) is 3.79. The number of hydrogen-bond acceptors (Lipinski definition) is 4. The van der Waals surface area contributed by atoms with Crippen molar-refractivity contribution in [1.29, 1.82) is 0 Å². The summed E-state index contributed by atoms with van der Waals surface area (Å²) in [5.74, 6) is 1.66. The highest BCUT2D eigenvalue weighted by molar-refractivity contribution is 5.76. The van der Waals surface area contributed by atoms with E-state index in [1.807, 2.05) is 6.20 Å². The van der Waals surface area contributed by atoms with Gasteiger partial charge < -0.3 is 10.2 Å². The first-order chi connectivity index (χ1) is 12.5. The number of carbonyl (C=O) groups is 1. The van der Waals surface area contributed by atoms with E-state index in [1.54, 1.807) is 0 Å². The number of nitrogens with one attached hydrogen (secondary N) is 1. The molecule has 5 nitrogen and oxygen atoms in total. The van der Waals surface area contributed by atoms with Crippen LogP contribution < -0.4 is 10.2 Å². The number of amides is 1. The standard InChI is InChI=1S/C21H32N4O/c1-21(2)12-17(23-19(26)11-15-7-3-4-8-15)16-14-22-20(24-18(16)13-21)25-9-5-6-10-25/h14-15,17H,3-13H2,1-2H3,(H,23,26)/t17-/m1/s1. The third-order valence-electron chi connectivity index (χ3n) is 6.34. The molecule has 4 rings (SSSR count). The Kier molecular flexibility index (Phi) is 4.89. The van der Waals surface area contributed by atoms with Gasteiger partial charge >= 0.3 is 0 Å². The first-order valence-electron chi connectivity index (χ1n) is 10.4. The molecular formula is C21H32N4O. The summed E-state index contributed by atoms with van der Waals surface area (Å²) in [5, 5.41) is 3.31. The Balaban J connectivity index is 1.51. The molecule has 0 bridgehead atoms. The number of carbonyl (C=O) groups excluding carboxylic acids is 1. The molecule has 2 aliphatic carbocycles. The Hall–Kier alpha value is -1.65. The van der Waals surface area contributed by atoms with Crippen LogP contribution in [0, 0.1) is 11.3 Å². The molecule has 5 heteroatoms. The average molecular weight is 357 g/mol. The van der Waals surface area contributed by atoms with Crippen LogP contribution in [-0.4, -0.2) is 29.0 Å². The van der Waals surface area contributed by atoms with E-state index in [-0.39, 0.29) is 17.4 Å². The molecule has 1 atom stereocenters. The number of hydrogen-bond donors (Lipinski definition) is 1. The SMILES string of the molecule is CC1(C)Cc2nc(N3CCCC3)ncc2[C@H](NC(=O)CC2CCCC2)C1. The molecule has 0 spiro atoms. The van der Waals surface area contributed by atoms with Crippen molar-refractivity contribution >= 4 is 11.9 Å². The minimum Gasteiger partial charge on any atom is -0.349 e. The summed E-state index contributed by atoms with van der Waals surface area (Å²) in [6, 6.07) is 0.0512. The van der Waals surface area contributed by atoms with Crippen LogP contribution in [-0.2, 0) is 11.2 Å². The number of rotatable bonds is 4. The molecular weight excluding hydrogens is 324 g/mol. The molecule has 2 heterocycles. The highest BCUT2D eigenvalue weighted by Gasteiger charge is 2.35. The molecule has 1 aliphatic heterocycles. The van der Waals surface area contributed by atoms with Crippen LogP contribution in [0.3, 0.4) is 0 Å². The molecule has 0 unspecified atom stereocenters. The van der Waals surface area contributed by atoms with Crippen molar-refractivity contribution in [3.8, 4) is 0 Å². The molecule has 0 radical (unpaired) electrons. The summed E-state index contributed by atoms with van der Waals surface area (Å²) in [5.41, 5.74) is 2.41. The van der Waals surface area contributed by atoms with Gasteiger partial charge in [-0.25, -0.2) is 9.97 Å². The number of nitrogens with zero attached hydrogens (tertiary/aromatic N) is 3. The summed E-state index contributed by atoms with van der Waals surface area (Å²) in [6.07, 6.45) is 12.0. The molecule has 3 aliphatic rings. The van der Waals surface area contributed by atoms with Crippen LogP contribution in [0.15, 0.2) is 6.20 Å². The van der Waals surface area contributed by atoms with Gasteiger partial charge in [-0.15, -0.1) is 0 Å². The fourth-order valence-electron chi connectivity index (χ4n) is 4.96. The molecule has 1 aromatic rings. The monoisotopic (exact) mass is 356 g/mol. The largest absolute Gasteiger partial charge is 0.349 e. The third kappa shape index (κ3) is 3.86. The van der Waals surface area contributed by atoms with Crippen molar-refractivity contribution < 1.29 is 4.79 Å². The van der Waals surface area contributed by atoms with E-state index in [0.29, 0.717) is 12.3 Å². The Morgan fingerprint density at radius 2 is 1.96 bits per heavy atom. The molecule has 142 valence electrons. The lowest BCUT2D eigenvalue weighted by Gasteiger charge is -2.37. The lowest BCUT2D eigenvalue weighted by atomic mass is 9.74. The van der Waals surface area contributed by atoms with Gasteiger partial charge in [0.25, 0.3) is 0 Å².